The minimum absolute atomic E-state index is 0.0440. The van der Waals surface area contributed by atoms with Gasteiger partial charge in [-0.3, -0.25) is 4.79 Å². The molecule has 0 aliphatic rings. The van der Waals surface area contributed by atoms with E-state index in [4.69, 9.17) is 5.73 Å². The Kier molecular flexibility index (Phi) is 3.70. The SMILES string of the molecule is Cc1cc(C)c(C)c(N(C)C(=O)CN)c1C. The van der Waals surface area contributed by atoms with Crippen LogP contribution >= 0.6 is 0 Å². The van der Waals surface area contributed by atoms with E-state index in [1.54, 1.807) is 11.9 Å². The van der Waals surface area contributed by atoms with E-state index in [9.17, 15) is 4.79 Å². The molecular formula is C13H20N2O. The Labute approximate surface area is 97.2 Å². The minimum Gasteiger partial charge on any atom is -0.322 e. The summed E-state index contributed by atoms with van der Waals surface area (Å²) in [6, 6.07) is 2.15. The summed E-state index contributed by atoms with van der Waals surface area (Å²) in [5.74, 6) is -0.0591. The summed E-state index contributed by atoms with van der Waals surface area (Å²) in [6.45, 7) is 8.25. The first-order chi connectivity index (χ1) is 7.40. The summed E-state index contributed by atoms with van der Waals surface area (Å²) in [5.41, 5.74) is 11.1. The van der Waals surface area contributed by atoms with Gasteiger partial charge in [0.1, 0.15) is 0 Å². The third-order valence-electron chi connectivity index (χ3n) is 3.21. The van der Waals surface area contributed by atoms with E-state index >= 15 is 0 Å². The van der Waals surface area contributed by atoms with Crippen LogP contribution in [-0.4, -0.2) is 19.5 Å². The number of hydrogen-bond donors (Lipinski definition) is 1. The van der Waals surface area contributed by atoms with Crippen LogP contribution in [0.2, 0.25) is 0 Å². The molecule has 1 rings (SSSR count). The molecule has 0 spiro atoms. The van der Waals surface area contributed by atoms with Gasteiger partial charge < -0.3 is 10.6 Å². The molecule has 0 heterocycles. The molecule has 1 amide bonds. The predicted octanol–water partition coefficient (Wildman–Crippen LogP) is 1.84. The molecule has 1 aromatic carbocycles. The van der Waals surface area contributed by atoms with Crippen LogP contribution in [-0.2, 0) is 4.79 Å². The third-order valence-corrected chi connectivity index (χ3v) is 3.21. The fraction of sp³-hybridized carbons (Fsp3) is 0.462. The van der Waals surface area contributed by atoms with Gasteiger partial charge in [0.2, 0.25) is 5.91 Å². The van der Waals surface area contributed by atoms with Crippen molar-refractivity contribution in [3.05, 3.63) is 28.3 Å². The van der Waals surface area contributed by atoms with E-state index < -0.39 is 0 Å². The minimum atomic E-state index is -0.0591. The lowest BCUT2D eigenvalue weighted by Crippen LogP contribution is -2.33. The number of nitrogens with zero attached hydrogens (tertiary/aromatic N) is 1. The normalized spacial score (nSPS) is 10.4. The highest BCUT2D eigenvalue weighted by molar-refractivity contribution is 5.96. The number of aryl methyl sites for hydroxylation is 2. The number of likely N-dealkylation sites (N-methyl/N-ethyl adjacent to an activating group) is 1. The number of hydrogen-bond acceptors (Lipinski definition) is 2. The standard InChI is InChI=1S/C13H20N2O/c1-8-6-9(2)11(4)13(10(8)3)15(5)12(16)7-14/h6H,7,14H2,1-5H3. The number of amides is 1. The van der Waals surface area contributed by atoms with Crippen molar-refractivity contribution in [2.24, 2.45) is 5.73 Å². The zero-order valence-electron chi connectivity index (χ0n) is 10.7. The molecule has 0 unspecified atom stereocenters. The maximum atomic E-state index is 11.6. The van der Waals surface area contributed by atoms with Crippen molar-refractivity contribution in [3.63, 3.8) is 0 Å². The van der Waals surface area contributed by atoms with E-state index in [1.807, 2.05) is 13.8 Å². The molecule has 0 aromatic heterocycles. The van der Waals surface area contributed by atoms with E-state index in [0.29, 0.717) is 0 Å². The highest BCUT2D eigenvalue weighted by atomic mass is 16.2. The first kappa shape index (κ1) is 12.7. The summed E-state index contributed by atoms with van der Waals surface area (Å²) in [5, 5.41) is 0. The van der Waals surface area contributed by atoms with Crippen LogP contribution in [0.15, 0.2) is 6.07 Å². The maximum Gasteiger partial charge on any atom is 0.240 e. The fourth-order valence-corrected chi connectivity index (χ4v) is 1.96. The van der Waals surface area contributed by atoms with Gasteiger partial charge in [-0.1, -0.05) is 6.07 Å². The van der Waals surface area contributed by atoms with Crippen molar-refractivity contribution >= 4 is 11.6 Å². The molecule has 0 aliphatic carbocycles. The second-order valence-corrected chi connectivity index (χ2v) is 4.27. The van der Waals surface area contributed by atoms with Gasteiger partial charge in [0.05, 0.1) is 6.54 Å². The molecule has 88 valence electrons. The zero-order valence-corrected chi connectivity index (χ0v) is 10.7. The first-order valence-corrected chi connectivity index (χ1v) is 5.44. The summed E-state index contributed by atoms with van der Waals surface area (Å²) < 4.78 is 0. The lowest BCUT2D eigenvalue weighted by atomic mass is 9.98. The molecule has 0 atom stereocenters. The van der Waals surface area contributed by atoms with Crippen LogP contribution in [0.4, 0.5) is 5.69 Å². The molecule has 0 bridgehead atoms. The Hall–Kier alpha value is -1.35. The summed E-state index contributed by atoms with van der Waals surface area (Å²) in [7, 11) is 1.78. The van der Waals surface area contributed by atoms with Crippen LogP contribution in [0.1, 0.15) is 22.3 Å². The van der Waals surface area contributed by atoms with E-state index in [2.05, 4.69) is 19.9 Å². The molecule has 0 saturated heterocycles. The van der Waals surface area contributed by atoms with Crippen molar-refractivity contribution < 1.29 is 4.79 Å². The highest BCUT2D eigenvalue weighted by Crippen LogP contribution is 2.29. The monoisotopic (exact) mass is 220 g/mol. The molecule has 0 saturated carbocycles. The smallest absolute Gasteiger partial charge is 0.240 e. The Morgan fingerprint density at radius 3 is 2.00 bits per heavy atom. The highest BCUT2D eigenvalue weighted by Gasteiger charge is 2.16. The number of anilines is 1. The van der Waals surface area contributed by atoms with Crippen molar-refractivity contribution in [3.8, 4) is 0 Å². The van der Waals surface area contributed by atoms with Gasteiger partial charge in [0, 0.05) is 12.7 Å². The molecule has 2 N–H and O–H groups in total. The number of nitrogens with two attached hydrogens (primary N) is 1. The van der Waals surface area contributed by atoms with Crippen LogP contribution in [0.5, 0.6) is 0 Å². The number of carbonyl (C=O) groups excluding carboxylic acids is 1. The van der Waals surface area contributed by atoms with Crippen molar-refractivity contribution in [1.29, 1.82) is 0 Å². The predicted molar refractivity (Wildman–Crippen MR) is 67.9 cm³/mol. The van der Waals surface area contributed by atoms with Gasteiger partial charge in [-0.2, -0.15) is 0 Å². The van der Waals surface area contributed by atoms with Crippen molar-refractivity contribution in [1.82, 2.24) is 0 Å². The van der Waals surface area contributed by atoms with Gasteiger partial charge in [0.15, 0.2) is 0 Å². The van der Waals surface area contributed by atoms with Crippen LogP contribution < -0.4 is 10.6 Å². The summed E-state index contributed by atoms with van der Waals surface area (Å²) in [6.07, 6.45) is 0. The Balaban J connectivity index is 3.37. The molecule has 16 heavy (non-hydrogen) atoms. The summed E-state index contributed by atoms with van der Waals surface area (Å²) in [4.78, 5) is 13.3. The molecule has 0 fully saturated rings. The van der Waals surface area contributed by atoms with Gasteiger partial charge in [0.25, 0.3) is 0 Å². The Morgan fingerprint density at radius 1 is 1.19 bits per heavy atom. The summed E-state index contributed by atoms with van der Waals surface area (Å²) >= 11 is 0. The average molecular weight is 220 g/mol. The van der Waals surface area contributed by atoms with Crippen LogP contribution in [0.25, 0.3) is 0 Å². The lowest BCUT2D eigenvalue weighted by molar-refractivity contribution is -0.117. The van der Waals surface area contributed by atoms with Crippen LogP contribution in [0.3, 0.4) is 0 Å². The Bertz CT molecular complexity index is 398. The molecule has 1 aromatic rings. The number of benzene rings is 1. The van der Waals surface area contributed by atoms with Crippen molar-refractivity contribution in [2.75, 3.05) is 18.5 Å². The van der Waals surface area contributed by atoms with E-state index in [1.165, 1.54) is 11.1 Å². The van der Waals surface area contributed by atoms with E-state index in [-0.39, 0.29) is 12.5 Å². The molecular weight excluding hydrogens is 200 g/mol. The van der Waals surface area contributed by atoms with Crippen LogP contribution in [0, 0.1) is 27.7 Å². The largest absolute Gasteiger partial charge is 0.322 e. The van der Waals surface area contributed by atoms with Gasteiger partial charge >= 0.3 is 0 Å². The molecule has 0 aliphatic heterocycles. The number of carbonyl (C=O) groups is 1. The topological polar surface area (TPSA) is 46.3 Å². The number of rotatable bonds is 2. The second-order valence-electron chi connectivity index (χ2n) is 4.27. The zero-order chi connectivity index (χ0) is 12.5. The average Bonchev–Trinajstić information content (AvgIpc) is 2.25. The Morgan fingerprint density at radius 2 is 1.62 bits per heavy atom. The quantitative estimate of drug-likeness (QED) is 0.826. The third kappa shape index (κ3) is 2.09. The molecule has 0 radical (unpaired) electrons. The molecule has 3 heteroatoms. The first-order valence-electron chi connectivity index (χ1n) is 5.44. The van der Waals surface area contributed by atoms with Gasteiger partial charge in [-0.15, -0.1) is 0 Å². The lowest BCUT2D eigenvalue weighted by Gasteiger charge is -2.23. The van der Waals surface area contributed by atoms with Gasteiger partial charge in [-0.25, -0.2) is 0 Å². The second kappa shape index (κ2) is 4.66. The maximum absolute atomic E-state index is 11.6. The van der Waals surface area contributed by atoms with E-state index in [0.717, 1.165) is 16.8 Å². The van der Waals surface area contributed by atoms with Gasteiger partial charge in [-0.05, 0) is 49.9 Å². The molecule has 3 nitrogen and oxygen atoms in total. The van der Waals surface area contributed by atoms with Crippen molar-refractivity contribution in [2.45, 2.75) is 27.7 Å². The fourth-order valence-electron chi connectivity index (χ4n) is 1.96.